The molecular formula is C14H15NO2S. The van der Waals surface area contributed by atoms with Crippen molar-refractivity contribution in [3.8, 4) is 5.75 Å². The van der Waals surface area contributed by atoms with E-state index in [9.17, 15) is 9.90 Å². The largest absolute Gasteiger partial charge is 0.507 e. The van der Waals surface area contributed by atoms with Crippen LogP contribution in [-0.2, 0) is 6.54 Å². The maximum Gasteiger partial charge on any atom is 0.255 e. The number of nitrogens with one attached hydrogen (secondary N) is 1. The second kappa shape index (κ2) is 5.23. The Morgan fingerprint density at radius 2 is 2.06 bits per heavy atom. The third kappa shape index (κ3) is 2.71. The number of phenols is 1. The van der Waals surface area contributed by atoms with E-state index in [4.69, 9.17) is 0 Å². The molecule has 0 radical (unpaired) electrons. The van der Waals surface area contributed by atoms with Crippen molar-refractivity contribution in [3.05, 3.63) is 51.2 Å². The molecule has 3 nitrogen and oxygen atoms in total. The van der Waals surface area contributed by atoms with Gasteiger partial charge in [-0.25, -0.2) is 0 Å². The van der Waals surface area contributed by atoms with Gasteiger partial charge in [0.1, 0.15) is 5.75 Å². The zero-order valence-corrected chi connectivity index (χ0v) is 11.2. The summed E-state index contributed by atoms with van der Waals surface area (Å²) in [5.41, 5.74) is 1.03. The molecule has 1 aromatic carbocycles. The average Bonchev–Trinajstić information content (AvgIpc) is 2.76. The lowest BCUT2D eigenvalue weighted by molar-refractivity contribution is 0.0948. The number of carbonyl (C=O) groups is 1. The van der Waals surface area contributed by atoms with Crippen molar-refractivity contribution in [2.75, 3.05) is 0 Å². The van der Waals surface area contributed by atoms with Gasteiger partial charge in [0.2, 0.25) is 0 Å². The molecule has 18 heavy (non-hydrogen) atoms. The fourth-order valence-corrected chi connectivity index (χ4v) is 2.52. The molecule has 2 rings (SSSR count). The summed E-state index contributed by atoms with van der Waals surface area (Å²) in [4.78, 5) is 14.3. The van der Waals surface area contributed by atoms with Crippen LogP contribution in [0.3, 0.4) is 0 Å². The summed E-state index contributed by atoms with van der Waals surface area (Å²) < 4.78 is 0. The van der Waals surface area contributed by atoms with E-state index in [2.05, 4.69) is 5.32 Å². The predicted octanol–water partition coefficient (Wildman–Crippen LogP) is 3.00. The molecule has 0 saturated heterocycles. The number of rotatable bonds is 3. The van der Waals surface area contributed by atoms with Crippen molar-refractivity contribution in [1.82, 2.24) is 5.32 Å². The maximum absolute atomic E-state index is 11.9. The molecule has 0 aliphatic heterocycles. The highest BCUT2D eigenvalue weighted by Gasteiger charge is 2.12. The summed E-state index contributed by atoms with van der Waals surface area (Å²) in [6, 6.07) is 9.18. The minimum atomic E-state index is -0.248. The van der Waals surface area contributed by atoms with Crippen LogP contribution in [-0.4, -0.2) is 11.0 Å². The summed E-state index contributed by atoms with van der Waals surface area (Å²) in [7, 11) is 0. The smallest absolute Gasteiger partial charge is 0.255 e. The van der Waals surface area contributed by atoms with E-state index >= 15 is 0 Å². The van der Waals surface area contributed by atoms with Crippen molar-refractivity contribution in [2.45, 2.75) is 20.4 Å². The molecule has 94 valence electrons. The van der Waals surface area contributed by atoms with Gasteiger partial charge in [-0.05, 0) is 37.6 Å². The number of amides is 1. The quantitative estimate of drug-likeness (QED) is 0.892. The van der Waals surface area contributed by atoms with Crippen molar-refractivity contribution in [1.29, 1.82) is 0 Å². The molecule has 0 saturated carbocycles. The van der Waals surface area contributed by atoms with Gasteiger partial charge in [0.15, 0.2) is 0 Å². The van der Waals surface area contributed by atoms with Crippen LogP contribution in [0.5, 0.6) is 5.75 Å². The van der Waals surface area contributed by atoms with Crippen molar-refractivity contribution in [3.63, 3.8) is 0 Å². The number of aryl methyl sites for hydroxylation is 2. The van der Waals surface area contributed by atoms with Gasteiger partial charge in [0.25, 0.3) is 5.91 Å². The van der Waals surface area contributed by atoms with Crippen LogP contribution in [0.15, 0.2) is 30.3 Å². The van der Waals surface area contributed by atoms with Crippen LogP contribution in [0.4, 0.5) is 0 Å². The zero-order valence-electron chi connectivity index (χ0n) is 10.4. The van der Waals surface area contributed by atoms with Gasteiger partial charge in [-0.15, -0.1) is 11.3 Å². The van der Waals surface area contributed by atoms with Crippen molar-refractivity contribution in [2.24, 2.45) is 0 Å². The fourth-order valence-electron chi connectivity index (χ4n) is 1.68. The molecule has 1 heterocycles. The molecular weight excluding hydrogens is 246 g/mol. The van der Waals surface area contributed by atoms with Gasteiger partial charge in [-0.2, -0.15) is 0 Å². The lowest BCUT2D eigenvalue weighted by Gasteiger charge is -2.07. The molecule has 0 fully saturated rings. The molecule has 0 bridgehead atoms. The lowest BCUT2D eigenvalue weighted by Crippen LogP contribution is -2.22. The van der Waals surface area contributed by atoms with Crippen LogP contribution in [0, 0.1) is 13.8 Å². The standard InChI is InChI=1S/C14H15NO2S/c1-9-4-3-5-12(13(9)16)14(17)15-8-11-7-6-10(2)18-11/h3-7,16H,8H2,1-2H3,(H,15,17). The molecule has 1 aromatic heterocycles. The van der Waals surface area contributed by atoms with E-state index < -0.39 is 0 Å². The number of carbonyl (C=O) groups excluding carboxylic acids is 1. The molecule has 2 N–H and O–H groups in total. The first kappa shape index (κ1) is 12.6. The summed E-state index contributed by atoms with van der Waals surface area (Å²) in [5.74, 6) is -0.195. The normalized spacial score (nSPS) is 10.3. The Bertz CT molecular complexity index is 575. The SMILES string of the molecule is Cc1ccc(CNC(=O)c2cccc(C)c2O)s1. The zero-order chi connectivity index (χ0) is 13.1. The minimum absolute atomic E-state index is 0.0531. The van der Waals surface area contributed by atoms with E-state index in [1.54, 1.807) is 36.5 Å². The van der Waals surface area contributed by atoms with Gasteiger partial charge in [-0.3, -0.25) is 4.79 Å². The highest BCUT2D eigenvalue weighted by atomic mass is 32.1. The Labute approximate surface area is 110 Å². The summed E-state index contributed by atoms with van der Waals surface area (Å²) in [6.07, 6.45) is 0. The fraction of sp³-hybridized carbons (Fsp3) is 0.214. The molecule has 0 aliphatic rings. The monoisotopic (exact) mass is 261 g/mol. The van der Waals surface area contributed by atoms with Crippen molar-refractivity contribution >= 4 is 17.2 Å². The highest BCUT2D eigenvalue weighted by Crippen LogP contribution is 2.21. The van der Waals surface area contributed by atoms with Crippen LogP contribution < -0.4 is 5.32 Å². The second-order valence-corrected chi connectivity index (χ2v) is 5.54. The Morgan fingerprint density at radius 3 is 2.72 bits per heavy atom. The van der Waals surface area contributed by atoms with E-state index in [0.717, 1.165) is 4.88 Å². The molecule has 0 spiro atoms. The summed E-state index contributed by atoms with van der Waals surface area (Å²) >= 11 is 1.66. The topological polar surface area (TPSA) is 49.3 Å². The summed E-state index contributed by atoms with van der Waals surface area (Å²) in [6.45, 7) is 4.29. The lowest BCUT2D eigenvalue weighted by atomic mass is 10.1. The molecule has 0 unspecified atom stereocenters. The first-order valence-electron chi connectivity index (χ1n) is 5.70. The Hall–Kier alpha value is -1.81. The van der Waals surface area contributed by atoms with Gasteiger partial charge in [0, 0.05) is 9.75 Å². The van der Waals surface area contributed by atoms with Gasteiger partial charge >= 0.3 is 0 Å². The number of hydrogen-bond acceptors (Lipinski definition) is 3. The number of thiophene rings is 1. The Morgan fingerprint density at radius 1 is 1.28 bits per heavy atom. The van der Waals surface area contributed by atoms with Gasteiger partial charge < -0.3 is 10.4 Å². The van der Waals surface area contributed by atoms with E-state index in [-0.39, 0.29) is 11.7 Å². The number of aromatic hydroxyl groups is 1. The average molecular weight is 261 g/mol. The summed E-state index contributed by atoms with van der Waals surface area (Å²) in [5, 5.41) is 12.6. The molecule has 4 heteroatoms. The van der Waals surface area contributed by atoms with Crippen LogP contribution in [0.1, 0.15) is 25.7 Å². The highest BCUT2D eigenvalue weighted by molar-refractivity contribution is 7.11. The number of phenolic OH excluding ortho intramolecular Hbond substituents is 1. The third-order valence-corrected chi connectivity index (χ3v) is 3.70. The van der Waals surface area contributed by atoms with E-state index in [1.807, 2.05) is 19.1 Å². The van der Waals surface area contributed by atoms with E-state index in [0.29, 0.717) is 17.7 Å². The molecule has 2 aromatic rings. The Kier molecular flexibility index (Phi) is 3.67. The number of hydrogen-bond donors (Lipinski definition) is 2. The number of benzene rings is 1. The van der Waals surface area contributed by atoms with Gasteiger partial charge in [-0.1, -0.05) is 12.1 Å². The first-order valence-corrected chi connectivity index (χ1v) is 6.51. The first-order chi connectivity index (χ1) is 8.58. The van der Waals surface area contributed by atoms with E-state index in [1.165, 1.54) is 4.88 Å². The maximum atomic E-state index is 11.9. The Balaban J connectivity index is 2.06. The van der Waals surface area contributed by atoms with Crippen LogP contribution in [0.2, 0.25) is 0 Å². The van der Waals surface area contributed by atoms with Crippen molar-refractivity contribution < 1.29 is 9.90 Å². The van der Waals surface area contributed by atoms with Crippen LogP contribution >= 0.6 is 11.3 Å². The van der Waals surface area contributed by atoms with Gasteiger partial charge in [0.05, 0.1) is 12.1 Å². The minimum Gasteiger partial charge on any atom is -0.507 e. The van der Waals surface area contributed by atoms with Crippen LogP contribution in [0.25, 0.3) is 0 Å². The molecule has 0 atom stereocenters. The molecule has 1 amide bonds. The third-order valence-electron chi connectivity index (χ3n) is 2.70. The predicted molar refractivity (Wildman–Crippen MR) is 73.1 cm³/mol. The number of para-hydroxylation sites is 1. The molecule has 0 aliphatic carbocycles. The second-order valence-electron chi connectivity index (χ2n) is 4.17.